The molecule has 0 unspecified atom stereocenters. The van der Waals surface area contributed by atoms with Crippen molar-refractivity contribution < 1.29 is 13.2 Å². The van der Waals surface area contributed by atoms with Crippen LogP contribution in [0.15, 0.2) is 0 Å². The summed E-state index contributed by atoms with van der Waals surface area (Å²) in [6, 6.07) is 0. The van der Waals surface area contributed by atoms with E-state index in [0.717, 1.165) is 0 Å². The molecule has 1 aliphatic heterocycles. The number of hydrogen-bond acceptors (Lipinski definition) is 4. The van der Waals surface area contributed by atoms with E-state index in [4.69, 9.17) is 17.0 Å². The van der Waals surface area contributed by atoms with Crippen LogP contribution in [0.25, 0.3) is 0 Å². The lowest BCUT2D eigenvalue weighted by Gasteiger charge is -2.29. The van der Waals surface area contributed by atoms with E-state index in [0.29, 0.717) is 18.3 Å². The second-order valence-corrected chi connectivity index (χ2v) is 6.22. The van der Waals surface area contributed by atoms with Gasteiger partial charge in [-0.25, -0.2) is 8.42 Å². The number of thiocarbonyl (C=S) groups is 1. The SMILES string of the molecule is CC(C)OC(=S)N1CCS(=O)(=O)CC1. The molecule has 0 spiro atoms. The summed E-state index contributed by atoms with van der Waals surface area (Å²) in [4.78, 5) is 1.80. The molecular formula is C8H15NO3S2. The fourth-order valence-corrected chi connectivity index (χ4v) is 2.75. The summed E-state index contributed by atoms with van der Waals surface area (Å²) in [6.45, 7) is 4.70. The number of hydrogen-bond donors (Lipinski definition) is 0. The Hall–Kier alpha value is -0.360. The van der Waals surface area contributed by atoms with Crippen molar-refractivity contribution in [3.8, 4) is 0 Å². The van der Waals surface area contributed by atoms with Gasteiger partial charge in [0.05, 0.1) is 17.6 Å². The molecule has 1 aliphatic rings. The fourth-order valence-electron chi connectivity index (χ4n) is 1.17. The molecule has 0 N–H and O–H groups in total. The first-order chi connectivity index (χ1) is 6.41. The maximum absolute atomic E-state index is 11.1. The highest BCUT2D eigenvalue weighted by atomic mass is 32.2. The zero-order chi connectivity index (χ0) is 10.8. The smallest absolute Gasteiger partial charge is 0.259 e. The largest absolute Gasteiger partial charge is 0.468 e. The summed E-state index contributed by atoms with van der Waals surface area (Å²) in [5, 5.41) is 0.412. The summed E-state index contributed by atoms with van der Waals surface area (Å²) in [6.07, 6.45) is 0.0426. The maximum atomic E-state index is 11.1. The number of ether oxygens (including phenoxy) is 1. The Bertz CT molecular complexity index is 297. The van der Waals surface area contributed by atoms with Crippen LogP contribution in [0.5, 0.6) is 0 Å². The summed E-state index contributed by atoms with van der Waals surface area (Å²) < 4.78 is 27.6. The average Bonchev–Trinajstić information content (AvgIpc) is 2.02. The van der Waals surface area contributed by atoms with Crippen LogP contribution in [0.1, 0.15) is 13.8 Å². The molecule has 1 heterocycles. The Morgan fingerprint density at radius 2 is 1.86 bits per heavy atom. The molecule has 1 fully saturated rings. The van der Waals surface area contributed by atoms with Gasteiger partial charge in [0.1, 0.15) is 0 Å². The van der Waals surface area contributed by atoms with Gasteiger partial charge in [0.15, 0.2) is 9.84 Å². The van der Waals surface area contributed by atoms with E-state index in [2.05, 4.69) is 0 Å². The van der Waals surface area contributed by atoms with Gasteiger partial charge in [0.25, 0.3) is 5.17 Å². The molecule has 0 aromatic carbocycles. The summed E-state index contributed by atoms with van der Waals surface area (Å²) in [5.41, 5.74) is 0. The predicted molar refractivity (Wildman–Crippen MR) is 59.0 cm³/mol. The standard InChI is InChI=1S/C8H15NO3S2/c1-7(2)12-8(13)9-3-5-14(10,11)6-4-9/h7H,3-6H2,1-2H3. The molecule has 1 rings (SSSR count). The van der Waals surface area contributed by atoms with Crippen LogP contribution in [0.2, 0.25) is 0 Å². The molecule has 0 amide bonds. The normalized spacial score (nSPS) is 20.9. The first-order valence-electron chi connectivity index (χ1n) is 4.57. The van der Waals surface area contributed by atoms with E-state index in [-0.39, 0.29) is 17.6 Å². The van der Waals surface area contributed by atoms with Crippen molar-refractivity contribution in [3.05, 3.63) is 0 Å². The highest BCUT2D eigenvalue weighted by molar-refractivity contribution is 7.91. The van der Waals surface area contributed by atoms with Crippen molar-refractivity contribution in [2.45, 2.75) is 20.0 Å². The minimum Gasteiger partial charge on any atom is -0.468 e. The van der Waals surface area contributed by atoms with E-state index >= 15 is 0 Å². The Morgan fingerprint density at radius 3 is 2.29 bits per heavy atom. The van der Waals surface area contributed by atoms with Crippen LogP contribution in [0.3, 0.4) is 0 Å². The second-order valence-electron chi connectivity index (χ2n) is 3.57. The molecule has 82 valence electrons. The van der Waals surface area contributed by atoms with E-state index < -0.39 is 9.84 Å². The molecule has 0 aromatic rings. The first-order valence-corrected chi connectivity index (χ1v) is 6.80. The van der Waals surface area contributed by atoms with Crippen LogP contribution < -0.4 is 0 Å². The fraction of sp³-hybridized carbons (Fsp3) is 0.875. The molecule has 0 atom stereocenters. The quantitative estimate of drug-likeness (QED) is 0.619. The molecular weight excluding hydrogens is 222 g/mol. The van der Waals surface area contributed by atoms with Gasteiger partial charge in [-0.2, -0.15) is 0 Å². The zero-order valence-electron chi connectivity index (χ0n) is 8.39. The minimum absolute atomic E-state index is 0.0426. The molecule has 0 radical (unpaired) electrons. The average molecular weight is 237 g/mol. The lowest BCUT2D eigenvalue weighted by atomic mass is 10.5. The van der Waals surface area contributed by atoms with E-state index in [1.807, 2.05) is 13.8 Å². The lowest BCUT2D eigenvalue weighted by Crippen LogP contribution is -2.44. The van der Waals surface area contributed by atoms with Crippen molar-refractivity contribution in [2.24, 2.45) is 0 Å². The molecule has 0 bridgehead atoms. The maximum Gasteiger partial charge on any atom is 0.259 e. The van der Waals surface area contributed by atoms with Crippen molar-refractivity contribution >= 4 is 27.2 Å². The van der Waals surface area contributed by atoms with Crippen molar-refractivity contribution in [1.82, 2.24) is 4.90 Å². The Balaban J connectivity index is 2.46. The molecule has 0 aromatic heterocycles. The molecule has 6 heteroatoms. The third-order valence-corrected chi connectivity index (χ3v) is 3.90. The van der Waals surface area contributed by atoms with Crippen molar-refractivity contribution in [3.63, 3.8) is 0 Å². The Kier molecular flexibility index (Phi) is 3.71. The van der Waals surface area contributed by atoms with Crippen LogP contribution in [0, 0.1) is 0 Å². The highest BCUT2D eigenvalue weighted by Crippen LogP contribution is 2.06. The van der Waals surface area contributed by atoms with Crippen LogP contribution in [-0.4, -0.2) is 49.2 Å². The third-order valence-electron chi connectivity index (χ3n) is 1.94. The van der Waals surface area contributed by atoms with Gasteiger partial charge in [-0.1, -0.05) is 0 Å². The number of sulfone groups is 1. The predicted octanol–water partition coefficient (Wildman–Crippen LogP) is 0.427. The Morgan fingerprint density at radius 1 is 1.36 bits per heavy atom. The van der Waals surface area contributed by atoms with Gasteiger partial charge in [0, 0.05) is 13.1 Å². The molecule has 14 heavy (non-hydrogen) atoms. The van der Waals surface area contributed by atoms with Crippen LogP contribution >= 0.6 is 12.2 Å². The van der Waals surface area contributed by atoms with Gasteiger partial charge in [-0.15, -0.1) is 0 Å². The molecule has 4 nitrogen and oxygen atoms in total. The van der Waals surface area contributed by atoms with E-state index in [1.54, 1.807) is 4.90 Å². The zero-order valence-corrected chi connectivity index (χ0v) is 10.0. The van der Waals surface area contributed by atoms with Crippen molar-refractivity contribution in [1.29, 1.82) is 0 Å². The molecule has 0 saturated carbocycles. The van der Waals surface area contributed by atoms with Gasteiger partial charge in [-0.3, -0.25) is 0 Å². The summed E-state index contributed by atoms with van der Waals surface area (Å²) in [7, 11) is -2.83. The van der Waals surface area contributed by atoms with Gasteiger partial charge in [0.2, 0.25) is 0 Å². The van der Waals surface area contributed by atoms with Gasteiger partial charge >= 0.3 is 0 Å². The molecule has 1 saturated heterocycles. The van der Waals surface area contributed by atoms with Crippen LogP contribution in [-0.2, 0) is 14.6 Å². The third kappa shape index (κ3) is 3.42. The number of nitrogens with zero attached hydrogens (tertiary/aromatic N) is 1. The summed E-state index contributed by atoms with van der Waals surface area (Å²) in [5.74, 6) is 0.350. The van der Waals surface area contributed by atoms with Crippen molar-refractivity contribution in [2.75, 3.05) is 24.6 Å². The molecule has 0 aliphatic carbocycles. The summed E-state index contributed by atoms with van der Waals surface area (Å²) >= 11 is 5.03. The lowest BCUT2D eigenvalue weighted by molar-refractivity contribution is 0.190. The first kappa shape index (κ1) is 11.7. The minimum atomic E-state index is -2.83. The topological polar surface area (TPSA) is 46.6 Å². The second kappa shape index (κ2) is 4.44. The monoisotopic (exact) mass is 237 g/mol. The van der Waals surface area contributed by atoms with E-state index in [9.17, 15) is 8.42 Å². The highest BCUT2D eigenvalue weighted by Gasteiger charge is 2.24. The van der Waals surface area contributed by atoms with Crippen LogP contribution in [0.4, 0.5) is 0 Å². The Labute approximate surface area is 90.1 Å². The number of rotatable bonds is 1. The van der Waals surface area contributed by atoms with Gasteiger partial charge < -0.3 is 9.64 Å². The van der Waals surface area contributed by atoms with E-state index in [1.165, 1.54) is 0 Å². The van der Waals surface area contributed by atoms with Gasteiger partial charge in [-0.05, 0) is 26.1 Å².